The van der Waals surface area contributed by atoms with Crippen molar-refractivity contribution in [3.8, 4) is 0 Å². The fraction of sp³-hybridized carbons (Fsp3) is 0. The van der Waals surface area contributed by atoms with Gasteiger partial charge in [0, 0.05) is 18.1 Å². The van der Waals surface area contributed by atoms with Crippen LogP contribution in [0.3, 0.4) is 0 Å². The topological polar surface area (TPSA) is 24.9 Å². The van der Waals surface area contributed by atoms with Gasteiger partial charge in [0.1, 0.15) is 0 Å². The van der Waals surface area contributed by atoms with E-state index in [1.807, 2.05) is 48.7 Å². The normalized spacial score (nSPS) is 17.4. The molecule has 1 aromatic heterocycles. The van der Waals surface area contributed by atoms with Gasteiger partial charge in [-0.3, -0.25) is 4.98 Å². The monoisotopic (exact) mass is 170 g/mol. The Morgan fingerprint density at radius 2 is 2.23 bits per heavy atom. The van der Waals surface area contributed by atoms with Gasteiger partial charge in [-0.15, -0.1) is 0 Å². The SMILES string of the molecule is C1=CNC(=Cc2ccccn2)C=C1. The number of pyridine rings is 1. The molecule has 0 radical (unpaired) electrons. The van der Waals surface area contributed by atoms with E-state index < -0.39 is 0 Å². The lowest BCUT2D eigenvalue weighted by Crippen LogP contribution is -2.04. The average Bonchev–Trinajstić information content (AvgIpc) is 2.21. The summed E-state index contributed by atoms with van der Waals surface area (Å²) >= 11 is 0. The van der Waals surface area contributed by atoms with E-state index in [2.05, 4.69) is 10.3 Å². The summed E-state index contributed by atoms with van der Waals surface area (Å²) in [5.41, 5.74) is 2.02. The first-order chi connectivity index (χ1) is 6.45. The maximum absolute atomic E-state index is 4.20. The smallest absolute Gasteiger partial charge is 0.0650 e. The van der Waals surface area contributed by atoms with Crippen LogP contribution in [-0.4, -0.2) is 4.98 Å². The number of nitrogens with one attached hydrogen (secondary N) is 1. The lowest BCUT2D eigenvalue weighted by Gasteiger charge is -2.04. The summed E-state index contributed by atoms with van der Waals surface area (Å²) in [6.07, 6.45) is 11.6. The van der Waals surface area contributed by atoms with Gasteiger partial charge in [-0.2, -0.15) is 0 Å². The second kappa shape index (κ2) is 3.72. The molecule has 0 saturated carbocycles. The predicted octanol–water partition coefficient (Wildman–Crippen LogP) is 2.10. The molecule has 0 fully saturated rings. The number of nitrogens with zero attached hydrogens (tertiary/aromatic N) is 1. The molecular weight excluding hydrogens is 160 g/mol. The molecule has 64 valence electrons. The first-order valence-corrected chi connectivity index (χ1v) is 4.18. The van der Waals surface area contributed by atoms with Gasteiger partial charge in [0.15, 0.2) is 0 Å². The number of rotatable bonds is 1. The summed E-state index contributed by atoms with van der Waals surface area (Å²) in [6, 6.07) is 5.86. The third-order valence-corrected chi connectivity index (χ3v) is 1.72. The molecule has 0 spiro atoms. The number of hydrogen-bond donors (Lipinski definition) is 1. The Morgan fingerprint density at radius 3 is 2.92 bits per heavy atom. The van der Waals surface area contributed by atoms with Gasteiger partial charge in [0.05, 0.1) is 5.69 Å². The van der Waals surface area contributed by atoms with E-state index >= 15 is 0 Å². The Morgan fingerprint density at radius 1 is 1.23 bits per heavy atom. The Labute approximate surface area is 77.3 Å². The highest BCUT2D eigenvalue weighted by molar-refractivity contribution is 5.53. The fourth-order valence-electron chi connectivity index (χ4n) is 1.12. The molecule has 1 N–H and O–H groups in total. The van der Waals surface area contributed by atoms with Gasteiger partial charge in [-0.1, -0.05) is 12.1 Å². The Kier molecular flexibility index (Phi) is 2.23. The molecule has 0 unspecified atom stereocenters. The van der Waals surface area contributed by atoms with E-state index in [-0.39, 0.29) is 0 Å². The molecule has 0 amide bonds. The minimum absolute atomic E-state index is 0.963. The third kappa shape index (κ3) is 2.06. The van der Waals surface area contributed by atoms with Crippen molar-refractivity contribution in [2.24, 2.45) is 0 Å². The highest BCUT2D eigenvalue weighted by Crippen LogP contribution is 2.04. The van der Waals surface area contributed by atoms with Crippen molar-refractivity contribution in [2.45, 2.75) is 0 Å². The van der Waals surface area contributed by atoms with Crippen molar-refractivity contribution in [1.29, 1.82) is 0 Å². The highest BCUT2D eigenvalue weighted by Gasteiger charge is 1.92. The molecule has 0 saturated heterocycles. The second-order valence-corrected chi connectivity index (χ2v) is 2.72. The van der Waals surface area contributed by atoms with Crippen LogP contribution in [0.4, 0.5) is 0 Å². The first kappa shape index (κ1) is 7.80. The molecule has 0 bridgehead atoms. The van der Waals surface area contributed by atoms with Crippen molar-refractivity contribution < 1.29 is 0 Å². The van der Waals surface area contributed by atoms with Crippen molar-refractivity contribution in [3.05, 3.63) is 60.2 Å². The van der Waals surface area contributed by atoms with Crippen LogP contribution in [0, 0.1) is 0 Å². The third-order valence-electron chi connectivity index (χ3n) is 1.72. The molecule has 13 heavy (non-hydrogen) atoms. The standard InChI is InChI=1S/C11H10N2/c1-3-7-12-10(5-1)9-11-6-2-4-8-13-11/h1-9,12H. The zero-order valence-corrected chi connectivity index (χ0v) is 7.14. The van der Waals surface area contributed by atoms with Gasteiger partial charge < -0.3 is 5.32 Å². The van der Waals surface area contributed by atoms with E-state index in [0.29, 0.717) is 0 Å². The minimum Gasteiger partial charge on any atom is -0.362 e. The van der Waals surface area contributed by atoms with Crippen LogP contribution in [-0.2, 0) is 0 Å². The number of dihydropyridines is 1. The van der Waals surface area contributed by atoms with Crippen LogP contribution >= 0.6 is 0 Å². The van der Waals surface area contributed by atoms with Crippen molar-refractivity contribution >= 4 is 6.08 Å². The van der Waals surface area contributed by atoms with E-state index in [4.69, 9.17) is 0 Å². The van der Waals surface area contributed by atoms with E-state index in [1.165, 1.54) is 0 Å². The molecule has 2 heteroatoms. The minimum atomic E-state index is 0.963. The zero-order chi connectivity index (χ0) is 8.93. The predicted molar refractivity (Wildman–Crippen MR) is 53.6 cm³/mol. The van der Waals surface area contributed by atoms with Gasteiger partial charge in [0.2, 0.25) is 0 Å². The quantitative estimate of drug-likeness (QED) is 0.698. The highest BCUT2D eigenvalue weighted by atomic mass is 14.8. The molecular formula is C11H10N2. The molecule has 1 aromatic rings. The first-order valence-electron chi connectivity index (χ1n) is 4.18. The van der Waals surface area contributed by atoms with Crippen LogP contribution in [0.5, 0.6) is 0 Å². The molecule has 2 heterocycles. The average molecular weight is 170 g/mol. The van der Waals surface area contributed by atoms with Crippen LogP contribution < -0.4 is 5.32 Å². The summed E-state index contributed by atoms with van der Waals surface area (Å²) in [6.45, 7) is 0. The van der Waals surface area contributed by atoms with Crippen molar-refractivity contribution in [1.82, 2.24) is 10.3 Å². The Balaban J connectivity index is 2.21. The van der Waals surface area contributed by atoms with Crippen LogP contribution in [0.25, 0.3) is 6.08 Å². The zero-order valence-electron chi connectivity index (χ0n) is 7.14. The Hall–Kier alpha value is -1.83. The maximum atomic E-state index is 4.20. The van der Waals surface area contributed by atoms with Gasteiger partial charge in [-0.05, 0) is 30.4 Å². The summed E-state index contributed by atoms with van der Waals surface area (Å²) in [5.74, 6) is 0. The molecule has 0 aromatic carbocycles. The van der Waals surface area contributed by atoms with Crippen LogP contribution in [0.2, 0.25) is 0 Å². The summed E-state index contributed by atoms with van der Waals surface area (Å²) < 4.78 is 0. The second-order valence-electron chi connectivity index (χ2n) is 2.72. The molecule has 2 nitrogen and oxygen atoms in total. The Bertz CT molecular complexity index is 361. The van der Waals surface area contributed by atoms with Gasteiger partial charge in [0.25, 0.3) is 0 Å². The van der Waals surface area contributed by atoms with E-state index in [0.717, 1.165) is 11.4 Å². The summed E-state index contributed by atoms with van der Waals surface area (Å²) in [4.78, 5) is 4.20. The maximum Gasteiger partial charge on any atom is 0.0650 e. The molecule has 0 atom stereocenters. The van der Waals surface area contributed by atoms with Crippen LogP contribution in [0.15, 0.2) is 54.5 Å². The van der Waals surface area contributed by atoms with E-state index in [9.17, 15) is 0 Å². The van der Waals surface area contributed by atoms with Crippen molar-refractivity contribution in [3.63, 3.8) is 0 Å². The molecule has 2 rings (SSSR count). The summed E-state index contributed by atoms with van der Waals surface area (Å²) in [7, 11) is 0. The number of allylic oxidation sites excluding steroid dienone is 3. The lowest BCUT2D eigenvalue weighted by atomic mass is 10.2. The van der Waals surface area contributed by atoms with Crippen molar-refractivity contribution in [2.75, 3.05) is 0 Å². The number of hydrogen-bond acceptors (Lipinski definition) is 2. The molecule has 1 aliphatic rings. The van der Waals surface area contributed by atoms with E-state index in [1.54, 1.807) is 6.20 Å². The largest absolute Gasteiger partial charge is 0.362 e. The van der Waals surface area contributed by atoms with Gasteiger partial charge in [-0.25, -0.2) is 0 Å². The molecule has 1 aliphatic heterocycles. The lowest BCUT2D eigenvalue weighted by molar-refractivity contribution is 1.10. The summed E-state index contributed by atoms with van der Waals surface area (Å²) in [5, 5.41) is 3.12. The van der Waals surface area contributed by atoms with Crippen LogP contribution in [0.1, 0.15) is 5.69 Å². The number of aromatic nitrogens is 1. The molecule has 0 aliphatic carbocycles. The van der Waals surface area contributed by atoms with Gasteiger partial charge >= 0.3 is 0 Å². The fourth-order valence-corrected chi connectivity index (χ4v) is 1.12.